The Morgan fingerprint density at radius 2 is 1.41 bits per heavy atom. The van der Waals surface area contributed by atoms with Crippen LogP contribution in [0.2, 0.25) is 0 Å². The molecule has 0 saturated heterocycles. The molecular formula is C36H40N2O3. The van der Waals surface area contributed by atoms with E-state index in [1.165, 1.54) is 18.2 Å². The molecule has 212 valence electrons. The second kappa shape index (κ2) is 13.4. The van der Waals surface area contributed by atoms with E-state index in [1.54, 1.807) is 0 Å². The number of hydrogen-bond acceptors (Lipinski definition) is 4. The molecule has 0 aliphatic rings. The van der Waals surface area contributed by atoms with Crippen molar-refractivity contribution in [3.8, 4) is 11.1 Å². The Morgan fingerprint density at radius 1 is 0.780 bits per heavy atom. The van der Waals surface area contributed by atoms with E-state index >= 15 is 0 Å². The maximum absolute atomic E-state index is 13.3. The largest absolute Gasteiger partial charge is 0.465 e. The van der Waals surface area contributed by atoms with Gasteiger partial charge in [-0.05, 0) is 59.4 Å². The first-order valence-corrected chi connectivity index (χ1v) is 14.0. The summed E-state index contributed by atoms with van der Waals surface area (Å²) in [4.78, 5) is 28.0. The number of carbonyl (C=O) groups excluding carboxylic acids is 2. The van der Waals surface area contributed by atoms with Crippen molar-refractivity contribution in [2.24, 2.45) is 0 Å². The third-order valence-electron chi connectivity index (χ3n) is 7.51. The molecule has 0 radical (unpaired) electrons. The number of carbonyl (C=O) groups is 2. The quantitative estimate of drug-likeness (QED) is 0.208. The zero-order valence-electron chi connectivity index (χ0n) is 24.7. The molecule has 0 bridgehead atoms. The lowest BCUT2D eigenvalue weighted by Crippen LogP contribution is -2.42. The van der Waals surface area contributed by atoms with E-state index in [0.717, 1.165) is 27.8 Å². The highest BCUT2D eigenvalue weighted by molar-refractivity contribution is 5.97. The highest BCUT2D eigenvalue weighted by atomic mass is 16.5. The van der Waals surface area contributed by atoms with Crippen molar-refractivity contribution < 1.29 is 14.3 Å². The molecule has 5 nitrogen and oxygen atoms in total. The van der Waals surface area contributed by atoms with Gasteiger partial charge < -0.3 is 10.1 Å². The molecule has 4 rings (SSSR count). The third-order valence-corrected chi connectivity index (χ3v) is 7.51. The van der Waals surface area contributed by atoms with Crippen LogP contribution in [-0.2, 0) is 28.0 Å². The van der Waals surface area contributed by atoms with Crippen LogP contribution in [0.1, 0.15) is 52.0 Å². The third kappa shape index (κ3) is 7.92. The molecule has 0 unspecified atom stereocenters. The molecule has 5 heteroatoms. The lowest BCUT2D eigenvalue weighted by atomic mass is 9.84. The topological polar surface area (TPSA) is 58.6 Å². The van der Waals surface area contributed by atoms with Crippen molar-refractivity contribution in [1.82, 2.24) is 10.2 Å². The van der Waals surface area contributed by atoms with Crippen LogP contribution >= 0.6 is 0 Å². The van der Waals surface area contributed by atoms with Gasteiger partial charge in [0, 0.05) is 25.0 Å². The summed E-state index contributed by atoms with van der Waals surface area (Å²) in [5.41, 5.74) is 7.76. The number of benzene rings is 4. The standard InChI is InChI=1S/C36H40N2O3/c1-26-15-17-28(18-16-26)22-38(24-34(39)37-25-36(3,4)30-12-7-6-8-13-30)23-29-19-20-32(35(40)41-5)33(21-29)31-14-10-9-11-27(31)2/h6-21H,22-25H2,1-5H3,(H,37,39). The summed E-state index contributed by atoms with van der Waals surface area (Å²) in [6, 6.07) is 32.5. The van der Waals surface area contributed by atoms with E-state index in [4.69, 9.17) is 4.74 Å². The summed E-state index contributed by atoms with van der Waals surface area (Å²) in [5.74, 6) is -0.391. The van der Waals surface area contributed by atoms with Crippen molar-refractivity contribution in [3.05, 3.63) is 130 Å². The second-order valence-electron chi connectivity index (χ2n) is 11.3. The van der Waals surface area contributed by atoms with E-state index in [-0.39, 0.29) is 23.8 Å². The first-order chi connectivity index (χ1) is 19.7. The van der Waals surface area contributed by atoms with Gasteiger partial charge in [0.15, 0.2) is 0 Å². The number of esters is 1. The number of ether oxygens (including phenoxy) is 1. The highest BCUT2D eigenvalue weighted by Crippen LogP contribution is 2.29. The molecular weight excluding hydrogens is 508 g/mol. The molecule has 0 aromatic heterocycles. The van der Waals surface area contributed by atoms with Gasteiger partial charge in [0.1, 0.15) is 0 Å². The number of nitrogens with one attached hydrogen (secondary N) is 1. The number of aryl methyl sites for hydroxylation is 2. The molecule has 0 saturated carbocycles. The van der Waals surface area contributed by atoms with Gasteiger partial charge in [0.25, 0.3) is 0 Å². The summed E-state index contributed by atoms with van der Waals surface area (Å²) in [6.07, 6.45) is 0. The molecule has 1 N–H and O–H groups in total. The molecule has 0 atom stereocenters. The minimum atomic E-state index is -0.369. The van der Waals surface area contributed by atoms with Gasteiger partial charge in [-0.3, -0.25) is 9.69 Å². The minimum Gasteiger partial charge on any atom is -0.465 e. The molecule has 41 heavy (non-hydrogen) atoms. The second-order valence-corrected chi connectivity index (χ2v) is 11.3. The van der Waals surface area contributed by atoms with Crippen molar-refractivity contribution in [2.45, 2.75) is 46.2 Å². The van der Waals surface area contributed by atoms with Crippen molar-refractivity contribution in [3.63, 3.8) is 0 Å². The summed E-state index contributed by atoms with van der Waals surface area (Å²) in [7, 11) is 1.40. The van der Waals surface area contributed by atoms with Crippen LogP contribution in [0, 0.1) is 13.8 Å². The Morgan fingerprint density at radius 3 is 2.10 bits per heavy atom. The number of nitrogens with zero attached hydrogens (tertiary/aromatic N) is 1. The number of amides is 1. The Bertz CT molecular complexity index is 1480. The Labute approximate surface area is 244 Å². The number of hydrogen-bond donors (Lipinski definition) is 1. The van der Waals surface area contributed by atoms with Crippen LogP contribution < -0.4 is 5.32 Å². The van der Waals surface area contributed by atoms with Crippen LogP contribution in [0.4, 0.5) is 0 Å². The average molecular weight is 549 g/mol. The molecule has 0 heterocycles. The zero-order chi connectivity index (χ0) is 29.4. The van der Waals surface area contributed by atoms with Crippen LogP contribution in [0.15, 0.2) is 97.1 Å². The van der Waals surface area contributed by atoms with Crippen molar-refractivity contribution in [2.75, 3.05) is 20.2 Å². The first-order valence-electron chi connectivity index (χ1n) is 14.0. The zero-order valence-corrected chi connectivity index (χ0v) is 24.7. The Balaban J connectivity index is 1.58. The van der Waals surface area contributed by atoms with Crippen LogP contribution in [0.25, 0.3) is 11.1 Å². The summed E-state index contributed by atoms with van der Waals surface area (Å²) in [5, 5.41) is 3.17. The van der Waals surface area contributed by atoms with Crippen LogP contribution in [0.5, 0.6) is 0 Å². The van der Waals surface area contributed by atoms with E-state index in [2.05, 4.69) is 67.4 Å². The van der Waals surface area contributed by atoms with E-state index in [9.17, 15) is 9.59 Å². The SMILES string of the molecule is COC(=O)c1ccc(CN(CC(=O)NCC(C)(C)c2ccccc2)Cc2ccc(C)cc2)cc1-c1ccccc1C. The minimum absolute atomic E-state index is 0.0218. The van der Waals surface area contributed by atoms with Gasteiger partial charge in [0.05, 0.1) is 19.2 Å². The van der Waals surface area contributed by atoms with Gasteiger partial charge in [-0.1, -0.05) is 104 Å². The average Bonchev–Trinajstić information content (AvgIpc) is 2.97. The fourth-order valence-corrected chi connectivity index (χ4v) is 5.02. The Kier molecular flexibility index (Phi) is 9.74. The molecule has 0 aliphatic heterocycles. The van der Waals surface area contributed by atoms with E-state index in [0.29, 0.717) is 25.2 Å². The first kappa shape index (κ1) is 29.8. The molecule has 0 aliphatic carbocycles. The summed E-state index contributed by atoms with van der Waals surface area (Å²) >= 11 is 0. The summed E-state index contributed by atoms with van der Waals surface area (Å²) < 4.78 is 5.08. The van der Waals surface area contributed by atoms with Gasteiger partial charge in [-0.25, -0.2) is 4.79 Å². The molecule has 0 fully saturated rings. The van der Waals surface area contributed by atoms with E-state index in [1.807, 2.05) is 67.6 Å². The van der Waals surface area contributed by atoms with Crippen LogP contribution in [0.3, 0.4) is 0 Å². The fourth-order valence-electron chi connectivity index (χ4n) is 5.02. The van der Waals surface area contributed by atoms with Gasteiger partial charge in [-0.2, -0.15) is 0 Å². The van der Waals surface area contributed by atoms with Gasteiger partial charge in [0.2, 0.25) is 5.91 Å². The van der Waals surface area contributed by atoms with Crippen molar-refractivity contribution >= 4 is 11.9 Å². The monoisotopic (exact) mass is 548 g/mol. The molecule has 4 aromatic rings. The maximum Gasteiger partial charge on any atom is 0.338 e. The predicted molar refractivity (Wildman–Crippen MR) is 166 cm³/mol. The molecule has 1 amide bonds. The highest BCUT2D eigenvalue weighted by Gasteiger charge is 2.22. The van der Waals surface area contributed by atoms with Gasteiger partial charge >= 0.3 is 5.97 Å². The van der Waals surface area contributed by atoms with E-state index < -0.39 is 0 Å². The van der Waals surface area contributed by atoms with Crippen LogP contribution in [-0.4, -0.2) is 37.0 Å². The lowest BCUT2D eigenvalue weighted by Gasteiger charge is -2.27. The summed E-state index contributed by atoms with van der Waals surface area (Å²) in [6.45, 7) is 10.3. The number of methoxy groups -OCH3 is 1. The Hall–Kier alpha value is -4.22. The molecule has 0 spiro atoms. The fraction of sp³-hybridized carbons (Fsp3) is 0.278. The number of rotatable bonds is 11. The predicted octanol–water partition coefficient (Wildman–Crippen LogP) is 6.85. The van der Waals surface area contributed by atoms with Crippen molar-refractivity contribution in [1.29, 1.82) is 0 Å². The lowest BCUT2D eigenvalue weighted by molar-refractivity contribution is -0.122. The smallest absolute Gasteiger partial charge is 0.338 e. The molecule has 4 aromatic carbocycles. The normalized spacial score (nSPS) is 11.4. The maximum atomic E-state index is 13.3. The van der Waals surface area contributed by atoms with Gasteiger partial charge in [-0.15, -0.1) is 0 Å².